The summed E-state index contributed by atoms with van der Waals surface area (Å²) < 4.78 is 1.84. The minimum atomic E-state index is -0.360. The van der Waals surface area contributed by atoms with E-state index in [1.807, 2.05) is 11.7 Å². The molecule has 1 unspecified atom stereocenters. The number of aryl methyl sites for hydroxylation is 1. The van der Waals surface area contributed by atoms with Crippen LogP contribution in [0.5, 0.6) is 0 Å². The van der Waals surface area contributed by atoms with Gasteiger partial charge in [0.1, 0.15) is 0 Å². The van der Waals surface area contributed by atoms with E-state index in [1.54, 1.807) is 0 Å². The smallest absolute Gasteiger partial charge is 0.235 e. The number of carbonyl (C=O) groups is 2. The van der Waals surface area contributed by atoms with Crippen LogP contribution in [0.4, 0.5) is 5.69 Å². The molecule has 1 aromatic heterocycles. The molecular formula is C19H25N5O2. The third kappa shape index (κ3) is 2.96. The van der Waals surface area contributed by atoms with E-state index in [1.165, 1.54) is 5.69 Å². The Morgan fingerprint density at radius 3 is 2.58 bits per heavy atom. The third-order valence-electron chi connectivity index (χ3n) is 5.36. The van der Waals surface area contributed by atoms with Gasteiger partial charge in [0.2, 0.25) is 11.8 Å². The van der Waals surface area contributed by atoms with Gasteiger partial charge >= 0.3 is 0 Å². The Labute approximate surface area is 152 Å². The van der Waals surface area contributed by atoms with Crippen molar-refractivity contribution in [3.05, 3.63) is 23.9 Å². The number of nitrogens with one attached hydrogen (secondary N) is 2. The summed E-state index contributed by atoms with van der Waals surface area (Å²) >= 11 is 0. The maximum atomic E-state index is 12.2. The van der Waals surface area contributed by atoms with Crippen LogP contribution in [0.1, 0.15) is 38.3 Å². The van der Waals surface area contributed by atoms with Crippen molar-refractivity contribution in [2.24, 2.45) is 7.05 Å². The van der Waals surface area contributed by atoms with E-state index in [0.29, 0.717) is 24.9 Å². The summed E-state index contributed by atoms with van der Waals surface area (Å²) in [6, 6.07) is 7.22. The van der Waals surface area contributed by atoms with E-state index in [9.17, 15) is 9.59 Å². The third-order valence-corrected chi connectivity index (χ3v) is 5.36. The highest BCUT2D eigenvalue weighted by molar-refractivity contribution is 6.02. The van der Waals surface area contributed by atoms with Crippen LogP contribution >= 0.6 is 0 Å². The summed E-state index contributed by atoms with van der Waals surface area (Å²) in [6.07, 6.45) is 0.883. The van der Waals surface area contributed by atoms with E-state index in [-0.39, 0.29) is 17.7 Å². The van der Waals surface area contributed by atoms with Gasteiger partial charge in [-0.1, -0.05) is 0 Å². The molecule has 3 heterocycles. The van der Waals surface area contributed by atoms with Gasteiger partial charge in [-0.3, -0.25) is 19.6 Å². The van der Waals surface area contributed by atoms with Gasteiger partial charge in [-0.05, 0) is 38.5 Å². The lowest BCUT2D eigenvalue weighted by atomic mass is 9.93. The number of piperidine rings is 1. The van der Waals surface area contributed by atoms with Gasteiger partial charge in [0.25, 0.3) is 0 Å². The lowest BCUT2D eigenvalue weighted by Crippen LogP contribution is -2.54. The van der Waals surface area contributed by atoms with Crippen LogP contribution in [0.25, 0.3) is 10.9 Å². The summed E-state index contributed by atoms with van der Waals surface area (Å²) in [5, 5.41) is 11.6. The summed E-state index contributed by atoms with van der Waals surface area (Å²) in [5.41, 5.74) is 2.96. The largest absolute Gasteiger partial charge is 0.368 e. The summed E-state index contributed by atoms with van der Waals surface area (Å²) in [4.78, 5) is 26.1. The fourth-order valence-electron chi connectivity index (χ4n) is 4.22. The Morgan fingerprint density at radius 2 is 1.88 bits per heavy atom. The van der Waals surface area contributed by atoms with Gasteiger partial charge in [0, 0.05) is 49.7 Å². The number of aromatic nitrogens is 2. The quantitative estimate of drug-likeness (QED) is 0.794. The number of benzene rings is 1. The minimum absolute atomic E-state index is 0.198. The number of piperazine rings is 1. The number of imide groups is 1. The van der Waals surface area contributed by atoms with Gasteiger partial charge in [-0.15, -0.1) is 0 Å². The zero-order chi connectivity index (χ0) is 18.4. The van der Waals surface area contributed by atoms with E-state index in [2.05, 4.69) is 52.7 Å². The Bertz CT molecular complexity index is 864. The van der Waals surface area contributed by atoms with Crippen molar-refractivity contribution >= 4 is 28.4 Å². The predicted molar refractivity (Wildman–Crippen MR) is 100 cm³/mol. The molecule has 0 spiro atoms. The molecule has 0 saturated carbocycles. The molecular weight excluding hydrogens is 330 g/mol. The molecule has 2 aliphatic rings. The van der Waals surface area contributed by atoms with Gasteiger partial charge < -0.3 is 10.2 Å². The molecule has 2 fully saturated rings. The lowest BCUT2D eigenvalue weighted by molar-refractivity contribution is -0.134. The Kier molecular flexibility index (Phi) is 4.19. The molecule has 0 radical (unpaired) electrons. The molecule has 3 atom stereocenters. The normalized spacial score (nSPS) is 27.0. The number of hydrogen-bond acceptors (Lipinski definition) is 5. The molecule has 0 aliphatic carbocycles. The molecule has 2 aromatic rings. The maximum Gasteiger partial charge on any atom is 0.235 e. The van der Waals surface area contributed by atoms with Crippen molar-refractivity contribution in [1.82, 2.24) is 20.4 Å². The maximum absolute atomic E-state index is 12.2. The Balaban J connectivity index is 1.69. The van der Waals surface area contributed by atoms with Gasteiger partial charge in [0.05, 0.1) is 17.1 Å². The zero-order valence-electron chi connectivity index (χ0n) is 15.5. The molecule has 1 aromatic carbocycles. The number of carbonyl (C=O) groups excluding carboxylic acids is 2. The van der Waals surface area contributed by atoms with Crippen LogP contribution < -0.4 is 15.5 Å². The second-order valence-corrected chi connectivity index (χ2v) is 7.59. The zero-order valence-corrected chi connectivity index (χ0v) is 15.5. The molecule has 2 amide bonds. The first-order valence-electron chi connectivity index (χ1n) is 9.23. The van der Waals surface area contributed by atoms with Crippen LogP contribution in [0.3, 0.4) is 0 Å². The lowest BCUT2D eigenvalue weighted by Gasteiger charge is -2.37. The summed E-state index contributed by atoms with van der Waals surface area (Å²) in [5.74, 6) is -0.799. The monoisotopic (exact) mass is 355 g/mol. The number of fused-ring (bicyclic) bond motifs is 1. The highest BCUT2D eigenvalue weighted by atomic mass is 16.2. The van der Waals surface area contributed by atoms with Crippen LogP contribution in [-0.2, 0) is 16.6 Å². The number of amides is 2. The van der Waals surface area contributed by atoms with E-state index >= 15 is 0 Å². The first-order valence-corrected chi connectivity index (χ1v) is 9.23. The fraction of sp³-hybridized carbons (Fsp3) is 0.526. The van der Waals surface area contributed by atoms with Crippen molar-refractivity contribution in [2.45, 2.75) is 44.7 Å². The number of rotatable bonds is 2. The summed E-state index contributed by atoms with van der Waals surface area (Å²) in [7, 11) is 1.91. The topological polar surface area (TPSA) is 79.3 Å². The minimum Gasteiger partial charge on any atom is -0.368 e. The van der Waals surface area contributed by atoms with Crippen LogP contribution in [0.2, 0.25) is 0 Å². The first kappa shape index (κ1) is 17.0. The van der Waals surface area contributed by atoms with Gasteiger partial charge in [0.15, 0.2) is 0 Å². The van der Waals surface area contributed by atoms with E-state index in [4.69, 9.17) is 0 Å². The van der Waals surface area contributed by atoms with Crippen LogP contribution in [0, 0.1) is 0 Å². The average Bonchev–Trinajstić information content (AvgIpc) is 2.90. The molecule has 0 bridgehead atoms. The second-order valence-electron chi connectivity index (χ2n) is 7.59. The molecule has 138 valence electrons. The number of anilines is 1. The summed E-state index contributed by atoms with van der Waals surface area (Å²) in [6.45, 7) is 6.33. The van der Waals surface area contributed by atoms with E-state index < -0.39 is 0 Å². The highest BCUT2D eigenvalue weighted by Crippen LogP contribution is 2.32. The van der Waals surface area contributed by atoms with Crippen molar-refractivity contribution in [2.75, 3.05) is 18.0 Å². The Morgan fingerprint density at radius 1 is 1.15 bits per heavy atom. The fourth-order valence-corrected chi connectivity index (χ4v) is 4.22. The molecule has 2 N–H and O–H groups in total. The second kappa shape index (κ2) is 6.39. The Hall–Kier alpha value is -2.41. The predicted octanol–water partition coefficient (Wildman–Crippen LogP) is 1.28. The molecule has 7 heteroatoms. The molecule has 4 rings (SSSR count). The van der Waals surface area contributed by atoms with Crippen LogP contribution in [-0.4, -0.2) is 46.8 Å². The highest BCUT2D eigenvalue weighted by Gasteiger charge is 2.31. The van der Waals surface area contributed by atoms with Gasteiger partial charge in [-0.25, -0.2) is 0 Å². The average molecular weight is 355 g/mol. The molecule has 2 aliphatic heterocycles. The van der Waals surface area contributed by atoms with Crippen molar-refractivity contribution in [3.8, 4) is 0 Å². The number of hydrogen-bond donors (Lipinski definition) is 2. The standard InChI is InChI=1S/C19H25N5O2/c1-11-9-24(10-12(2)20-11)13-4-5-14-16(8-13)23(3)22-18(14)15-6-7-17(25)21-19(15)26/h4-5,8,11-12,15,20H,6-7,9-10H2,1-3H3,(H,21,25,26)/t11-,12-,15?/m0/s1. The molecule has 26 heavy (non-hydrogen) atoms. The first-order chi connectivity index (χ1) is 12.4. The van der Waals surface area contributed by atoms with E-state index in [0.717, 1.165) is 29.7 Å². The van der Waals surface area contributed by atoms with Crippen LogP contribution in [0.15, 0.2) is 18.2 Å². The molecule has 2 saturated heterocycles. The van der Waals surface area contributed by atoms with Crippen molar-refractivity contribution < 1.29 is 9.59 Å². The molecule has 7 nitrogen and oxygen atoms in total. The van der Waals surface area contributed by atoms with Gasteiger partial charge in [-0.2, -0.15) is 5.10 Å². The van der Waals surface area contributed by atoms with Crippen molar-refractivity contribution in [3.63, 3.8) is 0 Å². The van der Waals surface area contributed by atoms with Crippen molar-refractivity contribution in [1.29, 1.82) is 0 Å². The SMILES string of the molecule is C[C@H]1CN(c2ccc3c(C4CCC(=O)NC4=O)nn(C)c3c2)C[C@H](C)N1. The number of nitrogens with zero attached hydrogens (tertiary/aromatic N) is 3.